The third-order valence-electron chi connectivity index (χ3n) is 7.04. The van der Waals surface area contributed by atoms with Crippen molar-refractivity contribution in [3.8, 4) is 56.4 Å². The van der Waals surface area contributed by atoms with E-state index in [2.05, 4.69) is 71.7 Å². The molecule has 0 aliphatic rings. The monoisotopic (exact) mass is 512 g/mol. The minimum atomic E-state index is 0.655. The molecule has 0 saturated heterocycles. The van der Waals surface area contributed by atoms with Gasteiger partial charge in [-0.05, 0) is 45.2 Å². The lowest BCUT2D eigenvalue weighted by Gasteiger charge is -2.12. The Labute approximate surface area is 232 Å². The van der Waals surface area contributed by atoms with Gasteiger partial charge in [-0.2, -0.15) is 0 Å². The summed E-state index contributed by atoms with van der Waals surface area (Å²) in [7, 11) is 0. The Morgan fingerprint density at radius 1 is 0.375 bits per heavy atom. The number of benzene rings is 5. The Morgan fingerprint density at radius 3 is 1.57 bits per heavy atom. The molecule has 5 aromatic carbocycles. The number of aromatic nitrogens is 4. The van der Waals surface area contributed by atoms with E-state index in [0.29, 0.717) is 17.5 Å². The molecule has 0 aliphatic heterocycles. The van der Waals surface area contributed by atoms with E-state index in [0.717, 1.165) is 49.7 Å². The van der Waals surface area contributed by atoms with Gasteiger partial charge in [0, 0.05) is 29.1 Å². The second-order valence-electron chi connectivity index (χ2n) is 9.60. The van der Waals surface area contributed by atoms with Crippen molar-refractivity contribution in [3.63, 3.8) is 0 Å². The fourth-order valence-corrected chi connectivity index (χ4v) is 4.96. The SMILES string of the molecule is c1ccc(-c2nc(-c3ccccc3)nc(-c3cccc4ccc(-c5ccc(-c6cccnc6)cc5)cc34)n2)cc1. The van der Waals surface area contributed by atoms with E-state index in [1.807, 2.05) is 72.9 Å². The van der Waals surface area contributed by atoms with E-state index in [9.17, 15) is 0 Å². The van der Waals surface area contributed by atoms with Crippen molar-refractivity contribution < 1.29 is 0 Å². The molecule has 0 unspecified atom stereocenters. The molecule has 7 aromatic rings. The Balaban J connectivity index is 1.36. The minimum Gasteiger partial charge on any atom is -0.264 e. The normalized spacial score (nSPS) is 11.0. The van der Waals surface area contributed by atoms with Gasteiger partial charge in [-0.25, -0.2) is 15.0 Å². The molecule has 0 N–H and O–H groups in total. The third-order valence-corrected chi connectivity index (χ3v) is 7.04. The van der Waals surface area contributed by atoms with E-state index in [4.69, 9.17) is 15.0 Å². The molecule has 4 heteroatoms. The van der Waals surface area contributed by atoms with Crippen LogP contribution < -0.4 is 0 Å². The molecule has 0 aliphatic carbocycles. The van der Waals surface area contributed by atoms with Crippen molar-refractivity contribution in [1.82, 2.24) is 19.9 Å². The summed E-state index contributed by atoms with van der Waals surface area (Å²) in [6.45, 7) is 0. The molecular weight excluding hydrogens is 488 g/mol. The van der Waals surface area contributed by atoms with Crippen LogP contribution in [0.15, 0.2) is 146 Å². The van der Waals surface area contributed by atoms with E-state index in [-0.39, 0.29) is 0 Å². The second kappa shape index (κ2) is 10.4. The van der Waals surface area contributed by atoms with Crippen molar-refractivity contribution in [3.05, 3.63) is 146 Å². The largest absolute Gasteiger partial charge is 0.264 e. The van der Waals surface area contributed by atoms with Crippen LogP contribution in [-0.4, -0.2) is 19.9 Å². The Hall–Kier alpha value is -5.48. The molecular formula is C36H24N4. The summed E-state index contributed by atoms with van der Waals surface area (Å²) >= 11 is 0. The first kappa shape index (κ1) is 23.6. The first-order chi connectivity index (χ1) is 19.8. The van der Waals surface area contributed by atoms with Gasteiger partial charge in [0.15, 0.2) is 17.5 Å². The van der Waals surface area contributed by atoms with Crippen LogP contribution >= 0.6 is 0 Å². The van der Waals surface area contributed by atoms with Gasteiger partial charge >= 0.3 is 0 Å². The summed E-state index contributed by atoms with van der Waals surface area (Å²) in [5.41, 5.74) is 7.42. The van der Waals surface area contributed by atoms with Gasteiger partial charge in [0.05, 0.1) is 0 Å². The zero-order valence-corrected chi connectivity index (χ0v) is 21.6. The minimum absolute atomic E-state index is 0.655. The van der Waals surface area contributed by atoms with E-state index >= 15 is 0 Å². The smallest absolute Gasteiger partial charge is 0.164 e. The van der Waals surface area contributed by atoms with Gasteiger partial charge in [-0.3, -0.25) is 4.98 Å². The first-order valence-electron chi connectivity index (χ1n) is 13.2. The van der Waals surface area contributed by atoms with Crippen LogP contribution in [-0.2, 0) is 0 Å². The van der Waals surface area contributed by atoms with Crippen molar-refractivity contribution in [2.45, 2.75) is 0 Å². The number of hydrogen-bond acceptors (Lipinski definition) is 4. The van der Waals surface area contributed by atoms with Gasteiger partial charge < -0.3 is 0 Å². The summed E-state index contributed by atoms with van der Waals surface area (Å²) in [6, 6.07) is 45.7. The maximum absolute atomic E-state index is 4.97. The molecule has 0 fully saturated rings. The molecule has 0 atom stereocenters. The summed E-state index contributed by atoms with van der Waals surface area (Å²) in [5.74, 6) is 1.97. The zero-order chi connectivity index (χ0) is 26.7. The Bertz CT molecular complexity index is 1860. The average molecular weight is 513 g/mol. The molecule has 40 heavy (non-hydrogen) atoms. The summed E-state index contributed by atoms with van der Waals surface area (Å²) in [4.78, 5) is 19.0. The van der Waals surface area contributed by atoms with Crippen molar-refractivity contribution in [2.75, 3.05) is 0 Å². The standard InChI is InChI=1S/C36H24N4/c1-3-9-28(10-4-1)34-38-35(29-11-5-2-6-12-29)40-36(39-34)32-15-7-13-27-20-21-30(23-33(27)32)25-16-18-26(19-17-25)31-14-8-22-37-24-31/h1-24H. The van der Waals surface area contributed by atoms with E-state index in [1.54, 1.807) is 6.20 Å². The van der Waals surface area contributed by atoms with Gasteiger partial charge in [0.1, 0.15) is 0 Å². The zero-order valence-electron chi connectivity index (χ0n) is 21.6. The van der Waals surface area contributed by atoms with Gasteiger partial charge in [0.2, 0.25) is 0 Å². The molecule has 0 amide bonds. The van der Waals surface area contributed by atoms with Crippen LogP contribution in [0.5, 0.6) is 0 Å². The third kappa shape index (κ3) is 4.63. The van der Waals surface area contributed by atoms with Crippen LogP contribution in [0, 0.1) is 0 Å². The maximum Gasteiger partial charge on any atom is 0.164 e. The highest BCUT2D eigenvalue weighted by Gasteiger charge is 2.14. The average Bonchev–Trinajstić information content (AvgIpc) is 3.05. The van der Waals surface area contributed by atoms with Crippen molar-refractivity contribution in [2.24, 2.45) is 0 Å². The van der Waals surface area contributed by atoms with Gasteiger partial charge in [0.25, 0.3) is 0 Å². The number of nitrogens with zero attached hydrogens (tertiary/aromatic N) is 4. The predicted octanol–water partition coefficient (Wildman–Crippen LogP) is 8.75. The van der Waals surface area contributed by atoms with Crippen LogP contribution in [0.1, 0.15) is 0 Å². The molecule has 7 rings (SSSR count). The second-order valence-corrected chi connectivity index (χ2v) is 9.60. The first-order valence-corrected chi connectivity index (χ1v) is 13.2. The Kier molecular flexibility index (Phi) is 6.11. The number of fused-ring (bicyclic) bond motifs is 1. The van der Waals surface area contributed by atoms with Crippen LogP contribution in [0.3, 0.4) is 0 Å². The highest BCUT2D eigenvalue weighted by Crippen LogP contribution is 2.33. The topological polar surface area (TPSA) is 51.6 Å². The molecule has 4 nitrogen and oxygen atoms in total. The van der Waals surface area contributed by atoms with E-state index < -0.39 is 0 Å². The summed E-state index contributed by atoms with van der Waals surface area (Å²) in [5, 5.41) is 2.23. The fourth-order valence-electron chi connectivity index (χ4n) is 4.96. The molecule has 0 spiro atoms. The molecule has 0 saturated carbocycles. The highest BCUT2D eigenvalue weighted by molar-refractivity contribution is 5.98. The number of hydrogen-bond donors (Lipinski definition) is 0. The van der Waals surface area contributed by atoms with Crippen molar-refractivity contribution >= 4 is 10.8 Å². The molecule has 2 aromatic heterocycles. The predicted molar refractivity (Wildman–Crippen MR) is 162 cm³/mol. The van der Waals surface area contributed by atoms with Crippen molar-refractivity contribution in [1.29, 1.82) is 0 Å². The lowest BCUT2D eigenvalue weighted by Crippen LogP contribution is -2.00. The lowest BCUT2D eigenvalue weighted by atomic mass is 9.96. The maximum atomic E-state index is 4.97. The van der Waals surface area contributed by atoms with Crippen LogP contribution in [0.2, 0.25) is 0 Å². The molecule has 0 radical (unpaired) electrons. The highest BCUT2D eigenvalue weighted by atomic mass is 15.0. The van der Waals surface area contributed by atoms with Crippen LogP contribution in [0.25, 0.3) is 67.2 Å². The molecule has 0 bridgehead atoms. The Morgan fingerprint density at radius 2 is 0.950 bits per heavy atom. The lowest BCUT2D eigenvalue weighted by molar-refractivity contribution is 1.08. The van der Waals surface area contributed by atoms with Gasteiger partial charge in [-0.15, -0.1) is 0 Å². The number of rotatable bonds is 5. The van der Waals surface area contributed by atoms with Crippen LogP contribution in [0.4, 0.5) is 0 Å². The van der Waals surface area contributed by atoms with E-state index in [1.165, 1.54) is 0 Å². The number of pyridine rings is 1. The summed E-state index contributed by atoms with van der Waals surface area (Å²) < 4.78 is 0. The fraction of sp³-hybridized carbons (Fsp3) is 0. The van der Waals surface area contributed by atoms with Gasteiger partial charge in [-0.1, -0.05) is 121 Å². The molecule has 2 heterocycles. The molecule has 188 valence electrons. The quantitative estimate of drug-likeness (QED) is 0.231. The summed E-state index contributed by atoms with van der Waals surface area (Å²) in [6.07, 6.45) is 3.68.